The number of hydrogen-bond donors (Lipinski definition) is 0. The molecule has 1 amide bonds. The van der Waals surface area contributed by atoms with Gasteiger partial charge in [0.05, 0.1) is 7.11 Å². The van der Waals surface area contributed by atoms with Crippen LogP contribution in [0.25, 0.3) is 0 Å². The van der Waals surface area contributed by atoms with E-state index in [9.17, 15) is 9.59 Å². The maximum Gasteiger partial charge on any atom is 0.222 e. The van der Waals surface area contributed by atoms with Crippen LogP contribution >= 0.6 is 0 Å². The van der Waals surface area contributed by atoms with Crippen molar-refractivity contribution < 1.29 is 14.3 Å². The second-order valence-electron chi connectivity index (χ2n) is 4.11. The molecule has 1 fully saturated rings. The summed E-state index contributed by atoms with van der Waals surface area (Å²) < 4.78 is 5.24. The van der Waals surface area contributed by atoms with Gasteiger partial charge in [0.2, 0.25) is 5.91 Å². The minimum absolute atomic E-state index is 0.170. The van der Waals surface area contributed by atoms with E-state index < -0.39 is 0 Å². The largest absolute Gasteiger partial charge is 0.496 e. The molecular formula is C13H15NO3. The molecule has 1 aromatic carbocycles. The standard InChI is InChI=1S/C13H15NO3/c1-17-12-5-4-10(9-15)7-11(12)8-14-6-2-3-13(14)16/h4-5,7,9H,2-3,6,8H2,1H3. The molecular weight excluding hydrogens is 218 g/mol. The van der Waals surface area contributed by atoms with E-state index in [-0.39, 0.29) is 5.91 Å². The lowest BCUT2D eigenvalue weighted by atomic mass is 10.1. The van der Waals surface area contributed by atoms with Crippen molar-refractivity contribution in [3.05, 3.63) is 29.3 Å². The Kier molecular flexibility index (Phi) is 3.42. The van der Waals surface area contributed by atoms with E-state index in [1.54, 1.807) is 30.2 Å². The van der Waals surface area contributed by atoms with Crippen molar-refractivity contribution >= 4 is 12.2 Å². The first-order chi connectivity index (χ1) is 8.24. The molecule has 17 heavy (non-hydrogen) atoms. The molecule has 4 nitrogen and oxygen atoms in total. The summed E-state index contributed by atoms with van der Waals surface area (Å²) in [5.74, 6) is 0.888. The summed E-state index contributed by atoms with van der Waals surface area (Å²) in [6, 6.07) is 5.25. The van der Waals surface area contributed by atoms with Crippen LogP contribution in [-0.4, -0.2) is 30.7 Å². The van der Waals surface area contributed by atoms with Crippen LogP contribution in [0.3, 0.4) is 0 Å². The molecule has 1 aliphatic rings. The van der Waals surface area contributed by atoms with Gasteiger partial charge in [-0.15, -0.1) is 0 Å². The van der Waals surface area contributed by atoms with Crippen molar-refractivity contribution in [1.82, 2.24) is 4.90 Å². The number of rotatable bonds is 4. The fraction of sp³-hybridized carbons (Fsp3) is 0.385. The predicted molar refractivity (Wildman–Crippen MR) is 63.0 cm³/mol. The third-order valence-electron chi connectivity index (χ3n) is 2.97. The number of carbonyl (C=O) groups is 2. The number of amides is 1. The van der Waals surface area contributed by atoms with E-state index in [1.807, 2.05) is 0 Å². The lowest BCUT2D eigenvalue weighted by Crippen LogP contribution is -2.24. The number of nitrogens with zero attached hydrogens (tertiary/aromatic N) is 1. The third kappa shape index (κ3) is 2.46. The highest BCUT2D eigenvalue weighted by molar-refractivity contribution is 5.78. The zero-order valence-electron chi connectivity index (χ0n) is 9.81. The summed E-state index contributed by atoms with van der Waals surface area (Å²) in [4.78, 5) is 24.1. The van der Waals surface area contributed by atoms with Crippen molar-refractivity contribution in [3.63, 3.8) is 0 Å². The molecule has 0 saturated carbocycles. The lowest BCUT2D eigenvalue weighted by molar-refractivity contribution is -0.128. The number of carbonyl (C=O) groups excluding carboxylic acids is 2. The Morgan fingerprint density at radius 2 is 2.29 bits per heavy atom. The van der Waals surface area contributed by atoms with Gasteiger partial charge in [0.15, 0.2) is 0 Å². The Hall–Kier alpha value is -1.84. The molecule has 2 rings (SSSR count). The summed E-state index contributed by atoms with van der Waals surface area (Å²) >= 11 is 0. The van der Waals surface area contributed by atoms with Crippen molar-refractivity contribution in [3.8, 4) is 5.75 Å². The van der Waals surface area contributed by atoms with Crippen LogP contribution in [0.15, 0.2) is 18.2 Å². The molecule has 4 heteroatoms. The van der Waals surface area contributed by atoms with Crippen molar-refractivity contribution in [2.24, 2.45) is 0 Å². The summed E-state index contributed by atoms with van der Waals surface area (Å²) in [5.41, 5.74) is 1.49. The van der Waals surface area contributed by atoms with Gasteiger partial charge in [0.25, 0.3) is 0 Å². The number of likely N-dealkylation sites (tertiary alicyclic amines) is 1. The maximum atomic E-state index is 11.5. The summed E-state index contributed by atoms with van der Waals surface area (Å²) in [6.45, 7) is 1.30. The predicted octanol–water partition coefficient (Wildman–Crippen LogP) is 1.63. The number of aldehydes is 1. The second-order valence-corrected chi connectivity index (χ2v) is 4.11. The first-order valence-electron chi connectivity index (χ1n) is 5.64. The first-order valence-corrected chi connectivity index (χ1v) is 5.64. The number of benzene rings is 1. The van der Waals surface area contributed by atoms with Gasteiger partial charge in [0.1, 0.15) is 12.0 Å². The van der Waals surface area contributed by atoms with E-state index >= 15 is 0 Å². The molecule has 0 N–H and O–H groups in total. The molecule has 1 saturated heterocycles. The highest BCUT2D eigenvalue weighted by Crippen LogP contribution is 2.23. The van der Waals surface area contributed by atoms with E-state index in [4.69, 9.17) is 4.74 Å². The molecule has 0 bridgehead atoms. The van der Waals surface area contributed by atoms with Crippen LogP contribution in [0.1, 0.15) is 28.8 Å². The fourth-order valence-electron chi connectivity index (χ4n) is 2.07. The summed E-state index contributed by atoms with van der Waals surface area (Å²) in [5, 5.41) is 0. The number of ether oxygens (including phenoxy) is 1. The Balaban J connectivity index is 2.23. The van der Waals surface area contributed by atoms with Crippen molar-refractivity contribution in [1.29, 1.82) is 0 Å². The van der Waals surface area contributed by atoms with Crippen molar-refractivity contribution in [2.75, 3.05) is 13.7 Å². The number of hydrogen-bond acceptors (Lipinski definition) is 3. The van der Waals surface area contributed by atoms with Gasteiger partial charge >= 0.3 is 0 Å². The number of methoxy groups -OCH3 is 1. The van der Waals surface area contributed by atoms with E-state index in [0.29, 0.717) is 18.5 Å². The van der Waals surface area contributed by atoms with Crippen LogP contribution in [0.5, 0.6) is 5.75 Å². The fourth-order valence-corrected chi connectivity index (χ4v) is 2.07. The molecule has 1 heterocycles. The van der Waals surface area contributed by atoms with Crippen LogP contribution < -0.4 is 4.74 Å². The van der Waals surface area contributed by atoms with Gasteiger partial charge < -0.3 is 9.64 Å². The Bertz CT molecular complexity index is 442. The average Bonchev–Trinajstić information content (AvgIpc) is 2.75. The van der Waals surface area contributed by atoms with Gasteiger partial charge in [-0.05, 0) is 24.6 Å². The highest BCUT2D eigenvalue weighted by Gasteiger charge is 2.21. The monoisotopic (exact) mass is 233 g/mol. The van der Waals surface area contributed by atoms with Gasteiger partial charge in [-0.1, -0.05) is 0 Å². The Morgan fingerprint density at radius 1 is 1.47 bits per heavy atom. The molecule has 0 aromatic heterocycles. The van der Waals surface area contributed by atoms with Gasteiger partial charge in [-0.2, -0.15) is 0 Å². The smallest absolute Gasteiger partial charge is 0.222 e. The van der Waals surface area contributed by atoms with Gasteiger partial charge in [-0.25, -0.2) is 0 Å². The van der Waals surface area contributed by atoms with Gasteiger partial charge in [-0.3, -0.25) is 9.59 Å². The SMILES string of the molecule is COc1ccc(C=O)cc1CN1CCCC1=O. The van der Waals surface area contributed by atoms with Crippen LogP contribution in [0, 0.1) is 0 Å². The highest BCUT2D eigenvalue weighted by atomic mass is 16.5. The molecule has 0 radical (unpaired) electrons. The zero-order chi connectivity index (χ0) is 12.3. The van der Waals surface area contributed by atoms with Crippen LogP contribution in [-0.2, 0) is 11.3 Å². The van der Waals surface area contributed by atoms with Crippen LogP contribution in [0.4, 0.5) is 0 Å². The average molecular weight is 233 g/mol. The molecule has 1 aliphatic heterocycles. The Labute approximate surface area is 100 Å². The molecule has 0 spiro atoms. The quantitative estimate of drug-likeness (QED) is 0.742. The van der Waals surface area contributed by atoms with Gasteiger partial charge in [0, 0.05) is 30.6 Å². The molecule has 0 aliphatic carbocycles. The normalized spacial score (nSPS) is 15.1. The minimum Gasteiger partial charge on any atom is -0.496 e. The van der Waals surface area contributed by atoms with E-state index in [1.165, 1.54) is 0 Å². The van der Waals surface area contributed by atoms with Crippen molar-refractivity contribution in [2.45, 2.75) is 19.4 Å². The molecule has 0 unspecified atom stereocenters. The second kappa shape index (κ2) is 4.99. The first kappa shape index (κ1) is 11.6. The summed E-state index contributed by atoms with van der Waals surface area (Å²) in [7, 11) is 1.59. The maximum absolute atomic E-state index is 11.5. The van der Waals surface area contributed by atoms with E-state index in [2.05, 4.69) is 0 Å². The Morgan fingerprint density at radius 3 is 2.88 bits per heavy atom. The third-order valence-corrected chi connectivity index (χ3v) is 2.97. The minimum atomic E-state index is 0.170. The molecule has 0 atom stereocenters. The van der Waals surface area contributed by atoms with Crippen LogP contribution in [0.2, 0.25) is 0 Å². The van der Waals surface area contributed by atoms with E-state index in [0.717, 1.165) is 30.6 Å². The molecule has 1 aromatic rings. The lowest BCUT2D eigenvalue weighted by Gasteiger charge is -2.17. The zero-order valence-corrected chi connectivity index (χ0v) is 9.81. The molecule has 90 valence electrons. The summed E-state index contributed by atoms with van der Waals surface area (Å²) in [6.07, 6.45) is 2.33. The topological polar surface area (TPSA) is 46.6 Å².